The minimum Gasteiger partial charge on any atom is -0.454 e. The van der Waals surface area contributed by atoms with Gasteiger partial charge in [0.15, 0.2) is 5.75 Å². The molecule has 0 aliphatic rings. The summed E-state index contributed by atoms with van der Waals surface area (Å²) in [6.45, 7) is 5.62. The summed E-state index contributed by atoms with van der Waals surface area (Å²) in [5, 5.41) is 5.57. The van der Waals surface area contributed by atoms with Crippen molar-refractivity contribution in [3.63, 3.8) is 0 Å². The van der Waals surface area contributed by atoms with Gasteiger partial charge in [0, 0.05) is 32.7 Å². The second kappa shape index (κ2) is 11.2. The molecular weight excluding hydrogens is 414 g/mol. The summed E-state index contributed by atoms with van der Waals surface area (Å²) < 4.78 is 31.2. The third kappa shape index (κ3) is 6.70. The Kier molecular flexibility index (Phi) is 8.88. The van der Waals surface area contributed by atoms with E-state index >= 15 is 0 Å². The van der Waals surface area contributed by atoms with Gasteiger partial charge in [0.05, 0.1) is 5.69 Å². The van der Waals surface area contributed by atoms with Crippen LogP contribution in [-0.4, -0.2) is 46.4 Å². The highest BCUT2D eigenvalue weighted by molar-refractivity contribution is 7.89. The van der Waals surface area contributed by atoms with Crippen molar-refractivity contribution in [1.29, 1.82) is 0 Å². The highest BCUT2D eigenvalue weighted by Crippen LogP contribution is 2.39. The number of carbonyl (C=O) groups excluding carboxylic acids is 1. The van der Waals surface area contributed by atoms with E-state index in [-0.39, 0.29) is 22.1 Å². The number of ether oxygens (including phenoxy) is 1. The lowest BCUT2D eigenvalue weighted by atomic mass is 10.1. The Labute approximate surface area is 185 Å². The first-order valence-corrected chi connectivity index (χ1v) is 12.1. The Morgan fingerprint density at radius 1 is 1.00 bits per heavy atom. The first-order chi connectivity index (χ1) is 14.7. The van der Waals surface area contributed by atoms with Crippen LogP contribution in [-0.2, 0) is 10.0 Å². The summed E-state index contributed by atoms with van der Waals surface area (Å²) in [6, 6.07) is 12.0. The number of primary sulfonamides is 1. The van der Waals surface area contributed by atoms with Gasteiger partial charge in [-0.15, -0.1) is 0 Å². The van der Waals surface area contributed by atoms with Crippen LogP contribution in [0.3, 0.4) is 0 Å². The van der Waals surface area contributed by atoms with E-state index in [9.17, 15) is 13.2 Å². The predicted molar refractivity (Wildman–Crippen MR) is 124 cm³/mol. The number of amides is 1. The number of sulfonamides is 1. The molecule has 1 amide bonds. The van der Waals surface area contributed by atoms with Gasteiger partial charge in [-0.3, -0.25) is 4.79 Å². The molecule has 0 saturated carbocycles. The van der Waals surface area contributed by atoms with Gasteiger partial charge >= 0.3 is 0 Å². The molecule has 2 aromatic rings. The van der Waals surface area contributed by atoms with Crippen molar-refractivity contribution in [3.05, 3.63) is 48.0 Å². The monoisotopic (exact) mass is 447 g/mol. The molecular formula is C23H33N3O4S. The van der Waals surface area contributed by atoms with Gasteiger partial charge in [0.2, 0.25) is 10.0 Å². The number of nitrogens with two attached hydrogens (primary N) is 1. The van der Waals surface area contributed by atoms with Crippen LogP contribution >= 0.6 is 0 Å². The molecule has 0 atom stereocenters. The van der Waals surface area contributed by atoms with Gasteiger partial charge in [-0.25, -0.2) is 13.6 Å². The standard InChI is InChI=1S/C23H33N3O4S/c1-5-7-14-26(15-8-6-2)20-16-18(23(27)25(3)4)17-21(31(24,28)29)22(20)30-19-12-10-9-11-13-19/h9-13,16-17H,5-8,14-15H2,1-4H3,(H2,24,28,29). The fourth-order valence-corrected chi connectivity index (χ4v) is 3.87. The second-order valence-corrected chi connectivity index (χ2v) is 9.21. The van der Waals surface area contributed by atoms with E-state index < -0.39 is 10.0 Å². The molecule has 0 aliphatic carbocycles. The fourth-order valence-electron chi connectivity index (χ4n) is 3.18. The van der Waals surface area contributed by atoms with Crippen LogP contribution in [0.25, 0.3) is 0 Å². The first kappa shape index (κ1) is 24.7. The number of unbranched alkanes of at least 4 members (excludes halogenated alkanes) is 2. The largest absolute Gasteiger partial charge is 0.454 e. The van der Waals surface area contributed by atoms with Crippen LogP contribution in [0.15, 0.2) is 47.4 Å². The summed E-state index contributed by atoms with van der Waals surface area (Å²) in [4.78, 5) is 16.0. The van der Waals surface area contributed by atoms with Crippen molar-refractivity contribution in [3.8, 4) is 11.5 Å². The molecule has 2 aromatic carbocycles. The van der Waals surface area contributed by atoms with Crippen LogP contribution in [0.4, 0.5) is 5.69 Å². The second-order valence-electron chi connectivity index (χ2n) is 7.68. The van der Waals surface area contributed by atoms with Crippen molar-refractivity contribution in [2.45, 2.75) is 44.4 Å². The Bertz CT molecular complexity index is 968. The van der Waals surface area contributed by atoms with Gasteiger partial charge in [-0.05, 0) is 37.1 Å². The van der Waals surface area contributed by atoms with E-state index in [1.165, 1.54) is 11.0 Å². The van der Waals surface area contributed by atoms with E-state index in [0.717, 1.165) is 25.7 Å². The van der Waals surface area contributed by atoms with E-state index in [1.54, 1.807) is 32.3 Å². The lowest BCUT2D eigenvalue weighted by Gasteiger charge is -2.28. The number of para-hydroxylation sites is 1. The minimum absolute atomic E-state index is 0.149. The molecule has 170 valence electrons. The molecule has 2 rings (SSSR count). The number of hydrogen-bond donors (Lipinski definition) is 1. The zero-order chi connectivity index (χ0) is 23.0. The van der Waals surface area contributed by atoms with E-state index in [0.29, 0.717) is 24.5 Å². The first-order valence-electron chi connectivity index (χ1n) is 10.6. The van der Waals surface area contributed by atoms with Crippen molar-refractivity contribution in [2.75, 3.05) is 32.1 Å². The van der Waals surface area contributed by atoms with Crippen LogP contribution in [0.5, 0.6) is 11.5 Å². The van der Waals surface area contributed by atoms with Gasteiger partial charge in [-0.1, -0.05) is 44.9 Å². The molecule has 0 spiro atoms. The summed E-state index contributed by atoms with van der Waals surface area (Å²) in [7, 11) is -0.907. The molecule has 0 radical (unpaired) electrons. The van der Waals surface area contributed by atoms with Crippen LogP contribution in [0, 0.1) is 0 Å². The summed E-state index contributed by atoms with van der Waals surface area (Å²) in [5.41, 5.74) is 0.810. The summed E-state index contributed by atoms with van der Waals surface area (Å²) >= 11 is 0. The molecule has 0 aliphatic heterocycles. The molecule has 0 aromatic heterocycles. The number of nitrogens with zero attached hydrogens (tertiary/aromatic N) is 2. The maximum absolute atomic E-state index is 12.7. The van der Waals surface area contributed by atoms with Gasteiger partial charge in [0.1, 0.15) is 10.6 Å². The number of anilines is 1. The number of carbonyl (C=O) groups is 1. The third-order valence-corrected chi connectivity index (χ3v) is 5.78. The molecule has 7 nitrogen and oxygen atoms in total. The minimum atomic E-state index is -4.15. The van der Waals surface area contributed by atoms with Crippen LogP contribution < -0.4 is 14.8 Å². The molecule has 31 heavy (non-hydrogen) atoms. The maximum atomic E-state index is 12.7. The maximum Gasteiger partial charge on any atom is 0.253 e. The number of rotatable bonds is 11. The molecule has 8 heteroatoms. The Morgan fingerprint density at radius 2 is 1.58 bits per heavy atom. The SMILES string of the molecule is CCCCN(CCCC)c1cc(C(=O)N(C)C)cc(S(N)(=O)=O)c1Oc1ccccc1. The highest BCUT2D eigenvalue weighted by Gasteiger charge is 2.26. The van der Waals surface area contributed by atoms with E-state index in [1.807, 2.05) is 18.2 Å². The summed E-state index contributed by atoms with van der Waals surface area (Å²) in [6.07, 6.45) is 3.81. The fraction of sp³-hybridized carbons (Fsp3) is 0.435. The van der Waals surface area contributed by atoms with Gasteiger partial charge < -0.3 is 14.5 Å². The van der Waals surface area contributed by atoms with Crippen LogP contribution in [0.1, 0.15) is 49.9 Å². The van der Waals surface area contributed by atoms with E-state index in [4.69, 9.17) is 9.88 Å². The molecule has 0 unspecified atom stereocenters. The number of benzene rings is 2. The molecule has 0 fully saturated rings. The quantitative estimate of drug-likeness (QED) is 0.556. The van der Waals surface area contributed by atoms with Crippen molar-refractivity contribution in [2.24, 2.45) is 5.14 Å². The van der Waals surface area contributed by atoms with Gasteiger partial charge in [0.25, 0.3) is 5.91 Å². The van der Waals surface area contributed by atoms with Crippen molar-refractivity contribution < 1.29 is 17.9 Å². The normalized spacial score (nSPS) is 11.3. The third-order valence-electron chi connectivity index (χ3n) is 4.86. The van der Waals surface area contributed by atoms with Crippen LogP contribution in [0.2, 0.25) is 0 Å². The zero-order valence-corrected chi connectivity index (χ0v) is 19.6. The number of hydrogen-bond acceptors (Lipinski definition) is 5. The molecule has 2 N–H and O–H groups in total. The summed E-state index contributed by atoms with van der Waals surface area (Å²) in [5.74, 6) is 0.339. The molecule has 0 saturated heterocycles. The Balaban J connectivity index is 2.76. The average Bonchev–Trinajstić information content (AvgIpc) is 2.73. The topological polar surface area (TPSA) is 92.9 Å². The Morgan fingerprint density at radius 3 is 2.06 bits per heavy atom. The lowest BCUT2D eigenvalue weighted by Crippen LogP contribution is -2.28. The van der Waals surface area contributed by atoms with Gasteiger partial charge in [-0.2, -0.15) is 0 Å². The average molecular weight is 448 g/mol. The molecule has 0 bridgehead atoms. The molecule has 0 heterocycles. The van der Waals surface area contributed by atoms with E-state index in [2.05, 4.69) is 18.7 Å². The zero-order valence-electron chi connectivity index (χ0n) is 18.8. The Hall–Kier alpha value is -2.58. The van der Waals surface area contributed by atoms with Crippen molar-refractivity contribution >= 4 is 21.6 Å². The highest BCUT2D eigenvalue weighted by atomic mass is 32.2. The predicted octanol–water partition coefficient (Wildman–Crippen LogP) is 4.23. The lowest BCUT2D eigenvalue weighted by molar-refractivity contribution is 0.0827. The van der Waals surface area contributed by atoms with Crippen molar-refractivity contribution in [1.82, 2.24) is 4.90 Å². The smallest absolute Gasteiger partial charge is 0.253 e.